The van der Waals surface area contributed by atoms with Gasteiger partial charge in [-0.25, -0.2) is 9.78 Å². The number of rotatable bonds is 6. The lowest BCUT2D eigenvalue weighted by Gasteiger charge is -2.29. The summed E-state index contributed by atoms with van der Waals surface area (Å²) >= 11 is 0. The SMILES string of the molecule is Cc1cc(C)c(C)c(-c2cccc3c2NC2Oc4ccc5cc4C32c2oc(nc2C(=O)O)[C@H](C(C)C)NC(=O)[C@@H](NC(=O)[C@@H](O)C(C)C)C5)c1C. The Balaban J connectivity index is 1.51. The minimum absolute atomic E-state index is 0.0296. The van der Waals surface area contributed by atoms with Crippen molar-refractivity contribution in [2.45, 2.75) is 91.6 Å². The predicted octanol–water partition coefficient (Wildman–Crippen LogP) is 5.62. The highest BCUT2D eigenvalue weighted by molar-refractivity contribution is 5.93. The first kappa shape index (κ1) is 34.3. The zero-order valence-corrected chi connectivity index (χ0v) is 30.1. The Bertz CT molecular complexity index is 2090. The first-order valence-corrected chi connectivity index (χ1v) is 17.5. The number of benzene rings is 3. The van der Waals surface area contributed by atoms with Gasteiger partial charge in [-0.3, -0.25) is 9.59 Å². The van der Waals surface area contributed by atoms with Crippen LogP contribution in [0.25, 0.3) is 11.1 Å². The van der Waals surface area contributed by atoms with Crippen molar-refractivity contribution in [2.75, 3.05) is 5.32 Å². The van der Waals surface area contributed by atoms with Crippen LogP contribution in [0.3, 0.4) is 0 Å². The largest absolute Gasteiger partial charge is 0.476 e. The number of carbonyl (C=O) groups is 3. The predicted molar refractivity (Wildman–Crippen MR) is 191 cm³/mol. The fourth-order valence-corrected chi connectivity index (χ4v) is 7.91. The van der Waals surface area contributed by atoms with Crippen LogP contribution in [0.1, 0.15) is 94.8 Å². The van der Waals surface area contributed by atoms with Crippen LogP contribution in [0.15, 0.2) is 46.9 Å². The maximum atomic E-state index is 13.9. The number of aromatic carboxylic acids is 1. The second-order valence-corrected chi connectivity index (χ2v) is 14.9. The molecule has 51 heavy (non-hydrogen) atoms. The Hall–Kier alpha value is -5.16. The number of aromatic nitrogens is 1. The van der Waals surface area contributed by atoms with E-state index in [9.17, 15) is 24.6 Å². The summed E-state index contributed by atoms with van der Waals surface area (Å²) in [4.78, 5) is 44.7. The van der Waals surface area contributed by atoms with E-state index in [1.165, 1.54) is 0 Å². The van der Waals surface area contributed by atoms with E-state index in [0.29, 0.717) is 16.9 Å². The summed E-state index contributed by atoms with van der Waals surface area (Å²) in [6.45, 7) is 15.6. The number of fused-ring (bicyclic) bond motifs is 4. The number of nitrogens with one attached hydrogen (secondary N) is 3. The van der Waals surface area contributed by atoms with Crippen LogP contribution in [0.5, 0.6) is 5.75 Å². The lowest BCUT2D eigenvalue weighted by Crippen LogP contribution is -2.52. The lowest BCUT2D eigenvalue weighted by molar-refractivity contribution is -0.135. The molecular formula is C40H44N4O7. The van der Waals surface area contributed by atoms with Crippen molar-refractivity contribution < 1.29 is 33.8 Å². The maximum absolute atomic E-state index is 13.9. The van der Waals surface area contributed by atoms with Gasteiger partial charge in [0, 0.05) is 28.8 Å². The summed E-state index contributed by atoms with van der Waals surface area (Å²) in [5.74, 6) is -2.44. The monoisotopic (exact) mass is 692 g/mol. The van der Waals surface area contributed by atoms with Gasteiger partial charge in [-0.05, 0) is 79.0 Å². The van der Waals surface area contributed by atoms with Crippen molar-refractivity contribution in [2.24, 2.45) is 11.8 Å². The first-order valence-electron chi connectivity index (χ1n) is 17.5. The number of hydrogen-bond donors (Lipinski definition) is 5. The number of aliphatic hydroxyl groups excluding tert-OH is 1. The third kappa shape index (κ3) is 5.20. The minimum atomic E-state index is -1.32. The highest BCUT2D eigenvalue weighted by atomic mass is 16.5. The molecule has 3 aliphatic heterocycles. The molecule has 5 N–H and O–H groups in total. The molecule has 3 aliphatic rings. The Morgan fingerprint density at radius 2 is 1.69 bits per heavy atom. The number of aryl methyl sites for hydroxylation is 2. The normalized spacial score (nSPS) is 22.3. The van der Waals surface area contributed by atoms with Gasteiger partial charge in [0.1, 0.15) is 29.4 Å². The van der Waals surface area contributed by atoms with E-state index < -0.39 is 47.6 Å². The number of ether oxygens (including phenoxy) is 1. The number of carboxylic acids is 1. The van der Waals surface area contributed by atoms with E-state index in [0.717, 1.165) is 44.6 Å². The number of anilines is 1. The summed E-state index contributed by atoms with van der Waals surface area (Å²) in [7, 11) is 0. The molecule has 11 heteroatoms. The van der Waals surface area contributed by atoms with E-state index in [-0.39, 0.29) is 35.6 Å². The molecule has 3 aromatic carbocycles. The van der Waals surface area contributed by atoms with Crippen LogP contribution in [0.2, 0.25) is 0 Å². The number of para-hydroxylation sites is 1. The van der Waals surface area contributed by atoms with Crippen molar-refractivity contribution in [1.82, 2.24) is 15.6 Å². The molecule has 4 bridgehead atoms. The van der Waals surface area contributed by atoms with E-state index in [2.05, 4.69) is 60.8 Å². The molecule has 4 heterocycles. The Morgan fingerprint density at radius 3 is 2.33 bits per heavy atom. The number of carbonyl (C=O) groups excluding carboxylic acids is 2. The van der Waals surface area contributed by atoms with Crippen LogP contribution >= 0.6 is 0 Å². The van der Waals surface area contributed by atoms with Crippen LogP contribution < -0.4 is 20.7 Å². The van der Waals surface area contributed by atoms with Crippen LogP contribution in [-0.4, -0.2) is 51.4 Å². The van der Waals surface area contributed by atoms with Gasteiger partial charge in [-0.15, -0.1) is 0 Å². The molecule has 5 atom stereocenters. The summed E-state index contributed by atoms with van der Waals surface area (Å²) in [5, 5.41) is 30.6. The standard InChI is InChI=1S/C40H44N4O7/c1-17(2)30-37-43-32(38(48)49)34(51-37)40-25-11-9-10-24(29-21(7)19(5)14-20(6)22(29)8)31(25)44-39(40)50-28-13-12-23(15-26(28)40)16-27(35(46)42-30)41-36(47)33(45)18(3)4/h9-15,17-18,27,30,33,39,44-45H,16H2,1-8H3,(H,41,47)(H,42,46)(H,48,49)/t27-,30-,33-,39?,40?/m0/s1. The molecule has 266 valence electrons. The Labute approximate surface area is 296 Å². The molecule has 0 fully saturated rings. The third-order valence-electron chi connectivity index (χ3n) is 10.9. The average Bonchev–Trinajstić information content (AvgIpc) is 3.75. The van der Waals surface area contributed by atoms with E-state index in [1.807, 2.05) is 38.1 Å². The molecule has 1 spiro atoms. The smallest absolute Gasteiger partial charge is 0.358 e. The van der Waals surface area contributed by atoms with Gasteiger partial charge < -0.3 is 35.3 Å². The molecule has 0 saturated heterocycles. The van der Waals surface area contributed by atoms with E-state index >= 15 is 0 Å². The van der Waals surface area contributed by atoms with E-state index in [4.69, 9.17) is 9.15 Å². The van der Waals surface area contributed by atoms with Crippen LogP contribution in [0.4, 0.5) is 5.69 Å². The maximum Gasteiger partial charge on any atom is 0.358 e. The summed E-state index contributed by atoms with van der Waals surface area (Å²) < 4.78 is 13.3. The summed E-state index contributed by atoms with van der Waals surface area (Å²) in [6, 6.07) is 11.8. The van der Waals surface area contributed by atoms with Crippen LogP contribution in [0, 0.1) is 39.5 Å². The molecule has 11 nitrogen and oxygen atoms in total. The molecule has 4 aromatic rings. The van der Waals surface area contributed by atoms with Gasteiger partial charge in [0.15, 0.2) is 17.7 Å². The van der Waals surface area contributed by atoms with Gasteiger partial charge in [-0.1, -0.05) is 64.1 Å². The fourth-order valence-electron chi connectivity index (χ4n) is 7.91. The molecule has 1 aromatic heterocycles. The number of oxazole rings is 1. The lowest BCUT2D eigenvalue weighted by atomic mass is 9.72. The topological polar surface area (TPSA) is 163 Å². The average molecular weight is 693 g/mol. The number of amides is 2. The van der Waals surface area contributed by atoms with E-state index in [1.54, 1.807) is 19.9 Å². The Kier molecular flexibility index (Phi) is 8.24. The second kappa shape index (κ2) is 12.3. The second-order valence-electron chi connectivity index (χ2n) is 14.9. The Morgan fingerprint density at radius 1 is 0.980 bits per heavy atom. The summed E-state index contributed by atoms with van der Waals surface area (Å²) in [5.41, 5.74) is 8.03. The van der Waals surface area contributed by atoms with Gasteiger partial charge in [0.25, 0.3) is 0 Å². The highest BCUT2D eigenvalue weighted by Crippen LogP contribution is 2.60. The first-order chi connectivity index (χ1) is 24.1. The highest BCUT2D eigenvalue weighted by Gasteiger charge is 2.61. The number of aliphatic hydroxyl groups is 1. The molecule has 2 amide bonds. The van der Waals surface area contributed by atoms with Crippen molar-refractivity contribution in [3.8, 4) is 16.9 Å². The number of hydrogen-bond acceptors (Lipinski definition) is 8. The molecule has 7 rings (SSSR count). The van der Waals surface area contributed by atoms with Gasteiger partial charge in [0.05, 0.1) is 0 Å². The zero-order valence-electron chi connectivity index (χ0n) is 30.1. The fraction of sp³-hybridized carbons (Fsp3) is 0.400. The number of carboxylic acid groups (broad SMARTS) is 1. The van der Waals surface area contributed by atoms with Crippen LogP contribution in [-0.2, 0) is 21.4 Å². The molecule has 0 aliphatic carbocycles. The molecule has 2 unspecified atom stereocenters. The van der Waals surface area contributed by atoms with Crippen molar-refractivity contribution in [3.05, 3.63) is 98.8 Å². The van der Waals surface area contributed by atoms with Crippen molar-refractivity contribution in [3.63, 3.8) is 0 Å². The zero-order chi connectivity index (χ0) is 36.7. The summed E-state index contributed by atoms with van der Waals surface area (Å²) in [6.07, 6.45) is -2.01. The van der Waals surface area contributed by atoms with Gasteiger partial charge in [0.2, 0.25) is 17.7 Å². The third-order valence-corrected chi connectivity index (χ3v) is 10.9. The molecule has 0 radical (unpaired) electrons. The molecular weight excluding hydrogens is 648 g/mol. The van der Waals surface area contributed by atoms with Crippen molar-refractivity contribution >= 4 is 23.5 Å². The van der Waals surface area contributed by atoms with Crippen molar-refractivity contribution in [1.29, 1.82) is 0 Å². The number of nitrogens with zero attached hydrogens (tertiary/aromatic N) is 1. The van der Waals surface area contributed by atoms with Gasteiger partial charge in [-0.2, -0.15) is 0 Å². The minimum Gasteiger partial charge on any atom is -0.476 e. The van der Waals surface area contributed by atoms with Gasteiger partial charge >= 0.3 is 5.97 Å². The molecule has 0 saturated carbocycles. The quantitative estimate of drug-likeness (QED) is 0.173.